The van der Waals surface area contributed by atoms with Crippen LogP contribution >= 0.6 is 11.8 Å². The Hall–Kier alpha value is -2.00. The van der Waals surface area contributed by atoms with Gasteiger partial charge in [0, 0.05) is 17.9 Å². The number of aryl methyl sites for hydroxylation is 1. The Balaban J connectivity index is 1.93. The standard InChI is InChI=1S/C15H17N5S/c1-3-10-8-21-14(18-10)12(6-16)13-9(2)7-17-15(20-13)19-11-4-5-11/h7-8,11,18H,3-5H2,1-2H3,(H,17,19,20). The molecule has 6 heteroatoms. The van der Waals surface area contributed by atoms with E-state index in [-0.39, 0.29) is 0 Å². The molecule has 0 spiro atoms. The summed E-state index contributed by atoms with van der Waals surface area (Å²) in [6.45, 7) is 4.02. The van der Waals surface area contributed by atoms with Gasteiger partial charge in [-0.25, -0.2) is 9.97 Å². The predicted molar refractivity (Wildman–Crippen MR) is 85.0 cm³/mol. The lowest BCUT2D eigenvalue weighted by Crippen LogP contribution is -2.10. The fraction of sp³-hybridized carbons (Fsp3) is 0.400. The number of allylic oxidation sites excluding steroid dienone is 2. The van der Waals surface area contributed by atoms with Gasteiger partial charge in [0.25, 0.3) is 0 Å². The quantitative estimate of drug-likeness (QED) is 0.832. The molecule has 5 nitrogen and oxygen atoms in total. The van der Waals surface area contributed by atoms with Crippen LogP contribution in [0.3, 0.4) is 0 Å². The molecule has 2 aliphatic rings. The van der Waals surface area contributed by atoms with Crippen molar-refractivity contribution >= 4 is 23.3 Å². The molecule has 0 amide bonds. The lowest BCUT2D eigenvalue weighted by Gasteiger charge is -2.10. The summed E-state index contributed by atoms with van der Waals surface area (Å²) in [7, 11) is 0. The van der Waals surface area contributed by atoms with Gasteiger partial charge in [-0.2, -0.15) is 5.26 Å². The van der Waals surface area contributed by atoms with Crippen molar-refractivity contribution in [1.29, 1.82) is 5.26 Å². The lowest BCUT2D eigenvalue weighted by molar-refractivity contribution is 0.949. The first kappa shape index (κ1) is 14.0. The Kier molecular flexibility index (Phi) is 3.84. The first-order valence-electron chi connectivity index (χ1n) is 7.09. The summed E-state index contributed by atoms with van der Waals surface area (Å²) in [4.78, 5) is 8.84. The van der Waals surface area contributed by atoms with Crippen LogP contribution in [0.2, 0.25) is 0 Å². The van der Waals surface area contributed by atoms with Crippen LogP contribution in [0, 0.1) is 18.3 Å². The largest absolute Gasteiger partial charge is 0.352 e. The molecular weight excluding hydrogens is 282 g/mol. The zero-order valence-corrected chi connectivity index (χ0v) is 12.9. The summed E-state index contributed by atoms with van der Waals surface area (Å²) in [5.41, 5.74) is 3.33. The number of thioether (sulfide) groups is 1. The lowest BCUT2D eigenvalue weighted by atomic mass is 10.1. The molecule has 3 rings (SSSR count). The molecule has 1 aromatic rings. The van der Waals surface area contributed by atoms with Crippen LogP contribution in [-0.4, -0.2) is 16.0 Å². The van der Waals surface area contributed by atoms with E-state index in [4.69, 9.17) is 0 Å². The van der Waals surface area contributed by atoms with Crippen molar-refractivity contribution in [3.05, 3.63) is 33.6 Å². The van der Waals surface area contributed by atoms with E-state index in [1.807, 2.05) is 12.3 Å². The van der Waals surface area contributed by atoms with Gasteiger partial charge in [0.1, 0.15) is 11.6 Å². The minimum atomic E-state index is 0.492. The number of nitrogens with one attached hydrogen (secondary N) is 2. The molecule has 0 aromatic carbocycles. The van der Waals surface area contributed by atoms with Crippen molar-refractivity contribution in [3.63, 3.8) is 0 Å². The van der Waals surface area contributed by atoms with Gasteiger partial charge < -0.3 is 10.6 Å². The van der Waals surface area contributed by atoms with Crippen molar-refractivity contribution in [1.82, 2.24) is 15.3 Å². The van der Waals surface area contributed by atoms with Crippen LogP contribution in [-0.2, 0) is 0 Å². The molecule has 0 bridgehead atoms. The van der Waals surface area contributed by atoms with Crippen molar-refractivity contribution in [2.24, 2.45) is 0 Å². The highest BCUT2D eigenvalue weighted by Crippen LogP contribution is 2.33. The third-order valence-electron chi connectivity index (χ3n) is 3.43. The van der Waals surface area contributed by atoms with Gasteiger partial charge >= 0.3 is 0 Å². The van der Waals surface area contributed by atoms with E-state index in [0.29, 0.717) is 23.3 Å². The molecule has 0 unspecified atom stereocenters. The Morgan fingerprint density at radius 1 is 1.57 bits per heavy atom. The summed E-state index contributed by atoms with van der Waals surface area (Å²) in [6.07, 6.45) is 5.03. The van der Waals surface area contributed by atoms with E-state index in [1.54, 1.807) is 18.0 Å². The van der Waals surface area contributed by atoms with Crippen LogP contribution in [0.15, 0.2) is 22.3 Å². The number of aromatic nitrogens is 2. The molecule has 1 aromatic heterocycles. The zero-order valence-electron chi connectivity index (χ0n) is 12.1. The van der Waals surface area contributed by atoms with E-state index < -0.39 is 0 Å². The van der Waals surface area contributed by atoms with E-state index in [1.165, 1.54) is 12.8 Å². The number of hydrogen-bond donors (Lipinski definition) is 2. The predicted octanol–water partition coefficient (Wildman–Crippen LogP) is 3.14. The number of anilines is 1. The van der Waals surface area contributed by atoms with Gasteiger partial charge in [-0.15, -0.1) is 0 Å². The SMILES string of the molecule is CCC1=CSC(=C(C#N)c2nc(NC3CC3)ncc2C)N1. The number of rotatable bonds is 4. The average Bonchev–Trinajstić information content (AvgIpc) is 3.18. The Bertz CT molecular complexity index is 667. The molecule has 0 saturated heterocycles. The van der Waals surface area contributed by atoms with Gasteiger partial charge in [0.2, 0.25) is 5.95 Å². The highest BCUT2D eigenvalue weighted by Gasteiger charge is 2.23. The highest BCUT2D eigenvalue weighted by atomic mass is 32.2. The Morgan fingerprint density at radius 3 is 3.00 bits per heavy atom. The smallest absolute Gasteiger partial charge is 0.223 e. The third kappa shape index (κ3) is 3.03. The summed E-state index contributed by atoms with van der Waals surface area (Å²) >= 11 is 1.55. The Labute approximate surface area is 128 Å². The maximum atomic E-state index is 9.54. The van der Waals surface area contributed by atoms with Crippen molar-refractivity contribution in [3.8, 4) is 6.07 Å². The number of nitrogens with zero attached hydrogens (tertiary/aromatic N) is 3. The van der Waals surface area contributed by atoms with Crippen LogP contribution < -0.4 is 10.6 Å². The van der Waals surface area contributed by atoms with Crippen LogP contribution in [0.4, 0.5) is 5.95 Å². The highest BCUT2D eigenvalue weighted by molar-refractivity contribution is 8.06. The second-order valence-corrected chi connectivity index (χ2v) is 6.08. The second kappa shape index (κ2) is 5.78. The number of hydrogen-bond acceptors (Lipinski definition) is 6. The fourth-order valence-electron chi connectivity index (χ4n) is 2.01. The van der Waals surface area contributed by atoms with Crippen LogP contribution in [0.1, 0.15) is 37.4 Å². The van der Waals surface area contributed by atoms with Crippen LogP contribution in [0.5, 0.6) is 0 Å². The molecule has 108 valence electrons. The maximum Gasteiger partial charge on any atom is 0.223 e. The summed E-state index contributed by atoms with van der Waals surface area (Å²) in [5.74, 6) is 0.609. The summed E-state index contributed by atoms with van der Waals surface area (Å²) in [5, 5.41) is 19.0. The third-order valence-corrected chi connectivity index (χ3v) is 4.38. The van der Waals surface area contributed by atoms with Crippen molar-refractivity contribution in [2.45, 2.75) is 39.2 Å². The van der Waals surface area contributed by atoms with E-state index in [9.17, 15) is 5.26 Å². The first-order valence-corrected chi connectivity index (χ1v) is 7.97. The van der Waals surface area contributed by atoms with Gasteiger partial charge in [0.05, 0.1) is 10.7 Å². The summed E-state index contributed by atoms with van der Waals surface area (Å²) < 4.78 is 0. The maximum absolute atomic E-state index is 9.54. The normalized spacial score (nSPS) is 19.6. The summed E-state index contributed by atoms with van der Waals surface area (Å²) in [6, 6.07) is 2.78. The first-order chi connectivity index (χ1) is 10.2. The molecule has 1 fully saturated rings. The monoisotopic (exact) mass is 299 g/mol. The van der Waals surface area contributed by atoms with Gasteiger partial charge in [-0.05, 0) is 37.2 Å². The van der Waals surface area contributed by atoms with Crippen LogP contribution in [0.25, 0.3) is 5.57 Å². The molecule has 1 saturated carbocycles. The molecule has 1 aliphatic heterocycles. The topological polar surface area (TPSA) is 73.6 Å². The molecule has 1 aliphatic carbocycles. The molecule has 0 radical (unpaired) electrons. The van der Waals surface area contributed by atoms with Gasteiger partial charge in [-0.1, -0.05) is 18.7 Å². The van der Waals surface area contributed by atoms with Crippen molar-refractivity contribution < 1.29 is 0 Å². The van der Waals surface area contributed by atoms with Gasteiger partial charge in [-0.3, -0.25) is 0 Å². The second-order valence-electron chi connectivity index (χ2n) is 5.20. The van der Waals surface area contributed by atoms with E-state index in [2.05, 4.69) is 33.6 Å². The molecular formula is C15H17N5S. The molecule has 21 heavy (non-hydrogen) atoms. The molecule has 2 heterocycles. The van der Waals surface area contributed by atoms with Crippen molar-refractivity contribution in [2.75, 3.05) is 5.32 Å². The molecule has 2 N–H and O–H groups in total. The minimum absolute atomic E-state index is 0.492. The zero-order chi connectivity index (χ0) is 14.8. The average molecular weight is 299 g/mol. The van der Waals surface area contributed by atoms with E-state index >= 15 is 0 Å². The Morgan fingerprint density at radius 2 is 2.38 bits per heavy atom. The minimum Gasteiger partial charge on any atom is -0.352 e. The fourth-order valence-corrected chi connectivity index (χ4v) is 2.95. The molecule has 0 atom stereocenters. The number of nitriles is 1. The van der Waals surface area contributed by atoms with E-state index in [0.717, 1.165) is 22.7 Å². The van der Waals surface area contributed by atoms with Gasteiger partial charge in [0.15, 0.2) is 0 Å².